The molecule has 21 heavy (non-hydrogen) atoms. The van der Waals surface area contributed by atoms with Crippen molar-refractivity contribution in [2.75, 3.05) is 19.6 Å². The zero-order valence-corrected chi connectivity index (χ0v) is 14.4. The van der Waals surface area contributed by atoms with Crippen LogP contribution in [-0.4, -0.2) is 36.2 Å². The average molecular weight is 355 g/mol. The van der Waals surface area contributed by atoms with Crippen molar-refractivity contribution < 1.29 is 9.53 Å². The first-order chi connectivity index (χ1) is 9.80. The van der Waals surface area contributed by atoms with Crippen molar-refractivity contribution in [2.24, 2.45) is 11.7 Å². The number of nitrogens with zero attached hydrogens (tertiary/aromatic N) is 1. The van der Waals surface area contributed by atoms with E-state index in [-0.39, 0.29) is 17.9 Å². The Labute approximate surface area is 134 Å². The van der Waals surface area contributed by atoms with Crippen LogP contribution in [0.25, 0.3) is 0 Å². The second-order valence-corrected chi connectivity index (χ2v) is 7.46. The highest BCUT2D eigenvalue weighted by Gasteiger charge is 2.37. The van der Waals surface area contributed by atoms with E-state index >= 15 is 0 Å². The molecule has 0 bridgehead atoms. The van der Waals surface area contributed by atoms with E-state index in [4.69, 9.17) is 10.5 Å². The number of benzene rings is 1. The zero-order valence-electron chi connectivity index (χ0n) is 12.8. The fraction of sp³-hybridized carbons (Fsp3) is 0.562. The summed E-state index contributed by atoms with van der Waals surface area (Å²) in [5.41, 5.74) is 6.64. The van der Waals surface area contributed by atoms with Gasteiger partial charge in [-0.25, -0.2) is 4.79 Å². The first-order valence-corrected chi connectivity index (χ1v) is 8.03. The fourth-order valence-corrected chi connectivity index (χ4v) is 3.12. The quantitative estimate of drug-likeness (QED) is 0.885. The van der Waals surface area contributed by atoms with Crippen LogP contribution < -0.4 is 5.73 Å². The number of amides is 1. The number of hydrogen-bond acceptors (Lipinski definition) is 3. The number of ether oxygens (including phenoxy) is 1. The van der Waals surface area contributed by atoms with E-state index in [9.17, 15) is 4.79 Å². The van der Waals surface area contributed by atoms with E-state index in [1.807, 2.05) is 32.9 Å². The summed E-state index contributed by atoms with van der Waals surface area (Å²) in [6, 6.07) is 8.22. The van der Waals surface area contributed by atoms with Crippen molar-refractivity contribution in [1.82, 2.24) is 4.90 Å². The zero-order chi connectivity index (χ0) is 15.6. The average Bonchev–Trinajstić information content (AvgIpc) is 2.81. The summed E-state index contributed by atoms with van der Waals surface area (Å²) in [7, 11) is 0. The van der Waals surface area contributed by atoms with Gasteiger partial charge in [0.1, 0.15) is 5.60 Å². The summed E-state index contributed by atoms with van der Waals surface area (Å²) >= 11 is 3.50. The van der Waals surface area contributed by atoms with Gasteiger partial charge in [-0.3, -0.25) is 0 Å². The summed E-state index contributed by atoms with van der Waals surface area (Å²) in [5, 5.41) is 0. The van der Waals surface area contributed by atoms with Crippen molar-refractivity contribution >= 4 is 22.0 Å². The van der Waals surface area contributed by atoms with E-state index in [1.54, 1.807) is 4.90 Å². The van der Waals surface area contributed by atoms with E-state index in [0.717, 1.165) is 4.47 Å². The Morgan fingerprint density at radius 1 is 1.43 bits per heavy atom. The molecule has 1 aromatic carbocycles. The van der Waals surface area contributed by atoms with Gasteiger partial charge in [0.2, 0.25) is 0 Å². The largest absolute Gasteiger partial charge is 0.444 e. The van der Waals surface area contributed by atoms with Gasteiger partial charge in [0.05, 0.1) is 0 Å². The summed E-state index contributed by atoms with van der Waals surface area (Å²) in [5.74, 6) is 0.534. The highest BCUT2D eigenvalue weighted by atomic mass is 79.9. The topological polar surface area (TPSA) is 55.6 Å². The molecule has 1 fully saturated rings. The van der Waals surface area contributed by atoms with Crippen LogP contribution in [0.1, 0.15) is 32.3 Å². The lowest BCUT2D eigenvalue weighted by Gasteiger charge is -2.24. The minimum Gasteiger partial charge on any atom is -0.444 e. The maximum atomic E-state index is 12.2. The molecule has 1 saturated heterocycles. The lowest BCUT2D eigenvalue weighted by atomic mass is 9.89. The van der Waals surface area contributed by atoms with Crippen LogP contribution in [0.3, 0.4) is 0 Å². The summed E-state index contributed by atoms with van der Waals surface area (Å²) in [4.78, 5) is 14.0. The maximum absolute atomic E-state index is 12.2. The van der Waals surface area contributed by atoms with Gasteiger partial charge in [0.15, 0.2) is 0 Å². The molecular formula is C16H23BrN2O2. The van der Waals surface area contributed by atoms with Gasteiger partial charge in [0, 0.05) is 23.5 Å². The molecule has 2 N–H and O–H groups in total. The van der Waals surface area contributed by atoms with E-state index in [2.05, 4.69) is 28.1 Å². The fourth-order valence-electron chi connectivity index (χ4n) is 2.70. The molecule has 0 saturated carbocycles. The van der Waals surface area contributed by atoms with E-state index < -0.39 is 5.60 Å². The van der Waals surface area contributed by atoms with Crippen molar-refractivity contribution in [3.8, 4) is 0 Å². The van der Waals surface area contributed by atoms with Crippen molar-refractivity contribution in [1.29, 1.82) is 0 Å². The normalized spacial score (nSPS) is 22.4. The van der Waals surface area contributed by atoms with Crippen molar-refractivity contribution in [2.45, 2.75) is 32.3 Å². The molecule has 0 aromatic heterocycles. The smallest absolute Gasteiger partial charge is 0.410 e. The highest BCUT2D eigenvalue weighted by molar-refractivity contribution is 9.10. The number of likely N-dealkylation sites (tertiary alicyclic amines) is 1. The number of nitrogens with two attached hydrogens (primary N) is 1. The minimum absolute atomic E-state index is 0.251. The third-order valence-corrected chi connectivity index (χ3v) is 4.17. The molecule has 0 unspecified atom stereocenters. The first-order valence-electron chi connectivity index (χ1n) is 7.23. The van der Waals surface area contributed by atoms with Crippen molar-refractivity contribution in [3.05, 3.63) is 34.3 Å². The van der Waals surface area contributed by atoms with Crippen LogP contribution in [0.15, 0.2) is 28.7 Å². The van der Waals surface area contributed by atoms with Gasteiger partial charge < -0.3 is 15.4 Å². The highest BCUT2D eigenvalue weighted by Crippen LogP contribution is 2.33. The summed E-state index contributed by atoms with van der Waals surface area (Å²) < 4.78 is 6.51. The van der Waals surface area contributed by atoms with Gasteiger partial charge in [-0.1, -0.05) is 28.1 Å². The molecular weight excluding hydrogens is 332 g/mol. The number of carbonyl (C=O) groups excluding carboxylic acids is 1. The van der Waals surface area contributed by atoms with Crippen LogP contribution in [0.4, 0.5) is 4.79 Å². The predicted molar refractivity (Wildman–Crippen MR) is 87.2 cm³/mol. The third-order valence-electron chi connectivity index (χ3n) is 3.67. The van der Waals surface area contributed by atoms with Gasteiger partial charge >= 0.3 is 6.09 Å². The summed E-state index contributed by atoms with van der Waals surface area (Å²) in [6.07, 6.45) is -0.251. The minimum atomic E-state index is -0.469. The van der Waals surface area contributed by atoms with Crippen LogP contribution in [0, 0.1) is 5.92 Å². The van der Waals surface area contributed by atoms with Gasteiger partial charge in [-0.2, -0.15) is 0 Å². The molecule has 0 radical (unpaired) electrons. The maximum Gasteiger partial charge on any atom is 0.410 e. The molecule has 5 heteroatoms. The van der Waals surface area contributed by atoms with Crippen LogP contribution in [0.5, 0.6) is 0 Å². The van der Waals surface area contributed by atoms with E-state index in [0.29, 0.717) is 19.6 Å². The second-order valence-electron chi connectivity index (χ2n) is 6.54. The Bertz CT molecular complexity index is 513. The molecule has 2 atom stereocenters. The number of rotatable bonds is 2. The van der Waals surface area contributed by atoms with Crippen LogP contribution in [-0.2, 0) is 4.74 Å². The SMILES string of the molecule is CC(C)(C)OC(=O)N1C[C@H](CN)[C@@H](c2cccc(Br)c2)C1. The molecule has 1 aliphatic rings. The van der Waals surface area contributed by atoms with Crippen LogP contribution in [0.2, 0.25) is 0 Å². The monoisotopic (exact) mass is 354 g/mol. The molecule has 1 amide bonds. The van der Waals surface area contributed by atoms with E-state index in [1.165, 1.54) is 5.56 Å². The summed E-state index contributed by atoms with van der Waals surface area (Å²) in [6.45, 7) is 7.53. The van der Waals surface area contributed by atoms with Gasteiger partial charge in [-0.15, -0.1) is 0 Å². The van der Waals surface area contributed by atoms with Gasteiger partial charge in [-0.05, 0) is 50.9 Å². The Hall–Kier alpha value is -1.07. The molecule has 116 valence electrons. The van der Waals surface area contributed by atoms with Gasteiger partial charge in [0.25, 0.3) is 0 Å². The lowest BCUT2D eigenvalue weighted by Crippen LogP contribution is -2.35. The second kappa shape index (κ2) is 6.36. The third kappa shape index (κ3) is 4.20. The molecule has 4 nitrogen and oxygen atoms in total. The predicted octanol–water partition coefficient (Wildman–Crippen LogP) is 3.36. The lowest BCUT2D eigenvalue weighted by molar-refractivity contribution is 0.0287. The Kier molecular flexibility index (Phi) is 4.94. The number of hydrogen-bond donors (Lipinski definition) is 1. The molecule has 1 aliphatic heterocycles. The Morgan fingerprint density at radius 2 is 2.14 bits per heavy atom. The number of halogens is 1. The molecule has 1 heterocycles. The Balaban J connectivity index is 2.12. The standard InChI is InChI=1S/C16H23BrN2O2/c1-16(2,3)21-15(20)19-9-12(8-18)14(10-19)11-5-4-6-13(17)7-11/h4-7,12,14H,8-10,18H2,1-3H3/t12-,14+/m0/s1. The van der Waals surface area contributed by atoms with Crippen LogP contribution >= 0.6 is 15.9 Å². The molecule has 1 aromatic rings. The Morgan fingerprint density at radius 3 is 2.71 bits per heavy atom. The van der Waals surface area contributed by atoms with Crippen molar-refractivity contribution in [3.63, 3.8) is 0 Å². The molecule has 2 rings (SSSR count). The number of carbonyl (C=O) groups is 1. The molecule has 0 spiro atoms. The first kappa shape index (κ1) is 16.3. The molecule has 0 aliphatic carbocycles.